The first-order valence-electron chi connectivity index (χ1n) is 34.0. The zero-order valence-corrected chi connectivity index (χ0v) is 59.5. The summed E-state index contributed by atoms with van der Waals surface area (Å²) in [5.41, 5.74) is 22.5. The Labute approximate surface area is 616 Å². The highest BCUT2D eigenvalue weighted by Gasteiger charge is 2.26. The molecule has 0 aliphatic rings. The molecule has 10 heterocycles. The molecular weight excluding hydrogens is 1390 g/mol. The van der Waals surface area contributed by atoms with Crippen LogP contribution in [0.4, 0.5) is 0 Å². The largest absolute Gasteiger partial charge is 0.294 e. The number of fused-ring (bicyclic) bond motifs is 12. The van der Waals surface area contributed by atoms with Gasteiger partial charge in [-0.25, -0.2) is 39.9 Å². The summed E-state index contributed by atoms with van der Waals surface area (Å²) in [6.45, 7) is 0. The molecule has 0 unspecified atom stereocenters. The summed E-state index contributed by atoms with van der Waals surface area (Å²) >= 11 is 10.3. The Balaban J connectivity index is 0.633. The maximum absolute atomic E-state index is 5.76. The molecule has 10 nitrogen and oxygen atoms in total. The highest BCUT2D eigenvalue weighted by atomic mass is 32.1. The number of hydrogen-bond acceptors (Lipinski definition) is 14. The van der Waals surface area contributed by atoms with Gasteiger partial charge in [0.15, 0.2) is 0 Å². The van der Waals surface area contributed by atoms with E-state index in [1.165, 1.54) is 4.70 Å². The van der Waals surface area contributed by atoms with E-state index in [0.717, 1.165) is 209 Å². The van der Waals surface area contributed by atoms with Crippen LogP contribution in [0.15, 0.2) is 291 Å². The number of nitrogens with zero attached hydrogens (tertiary/aromatic N) is 10. The minimum absolute atomic E-state index is 0.809. The number of para-hydroxylation sites is 4. The van der Waals surface area contributed by atoms with Crippen LogP contribution in [0.5, 0.6) is 0 Å². The van der Waals surface area contributed by atoms with Crippen molar-refractivity contribution in [3.05, 3.63) is 291 Å². The second-order valence-corrected chi connectivity index (χ2v) is 32.0. The molecule has 12 aromatic carbocycles. The lowest BCUT2D eigenvalue weighted by atomic mass is 9.96. The molecule has 0 aliphatic carbocycles. The average molecular weight is 1440 g/mol. The second-order valence-electron chi connectivity index (χ2n) is 25.8. The summed E-state index contributed by atoms with van der Waals surface area (Å²) in [5.74, 6) is 1.64. The normalized spacial score (nSPS) is 12.0. The first kappa shape index (κ1) is 59.6. The zero-order chi connectivity index (χ0) is 68.1. The maximum Gasteiger partial charge on any atom is 0.138 e. The van der Waals surface area contributed by atoms with Gasteiger partial charge in [-0.3, -0.25) is 9.13 Å². The fraction of sp³-hybridized carbons (Fsp3) is 0. The van der Waals surface area contributed by atoms with Crippen LogP contribution in [0.1, 0.15) is 0 Å². The minimum atomic E-state index is 0.809. The molecule has 0 bridgehead atoms. The van der Waals surface area contributed by atoms with Crippen molar-refractivity contribution in [2.24, 2.45) is 0 Å². The molecule has 0 spiro atoms. The van der Waals surface area contributed by atoms with Gasteiger partial charge in [0.1, 0.15) is 41.7 Å². The molecule has 0 radical (unpaired) electrons. The molecule has 0 amide bonds. The Morgan fingerprint density at radius 1 is 0.221 bits per heavy atom. The summed E-state index contributed by atoms with van der Waals surface area (Å²) in [7, 11) is 0. The quantitative estimate of drug-likeness (QED) is 0.126. The first-order chi connectivity index (χ1) is 51.4. The minimum Gasteiger partial charge on any atom is -0.294 e. The van der Waals surface area contributed by atoms with E-state index in [0.29, 0.717) is 0 Å². The molecule has 10 aromatic heterocycles. The number of pyridine rings is 2. The predicted molar refractivity (Wildman–Crippen MR) is 439 cm³/mol. The molecule has 0 fully saturated rings. The lowest BCUT2D eigenvalue weighted by molar-refractivity contribution is 1.08. The van der Waals surface area contributed by atoms with Gasteiger partial charge < -0.3 is 0 Å². The van der Waals surface area contributed by atoms with Gasteiger partial charge in [-0.2, -0.15) is 0 Å². The molecule has 0 aliphatic heterocycles. The van der Waals surface area contributed by atoms with Crippen molar-refractivity contribution in [2.75, 3.05) is 0 Å². The third-order valence-corrected chi connectivity index (χ3v) is 26.1. The molecule has 22 rings (SSSR count). The summed E-state index contributed by atoms with van der Waals surface area (Å²) in [5, 5.41) is 10.2. The maximum atomic E-state index is 5.76. The Hall–Kier alpha value is -12.1. The van der Waals surface area contributed by atoms with Crippen molar-refractivity contribution in [1.82, 2.24) is 49.0 Å². The van der Waals surface area contributed by atoms with Gasteiger partial charge in [0.25, 0.3) is 0 Å². The van der Waals surface area contributed by atoms with Crippen molar-refractivity contribution in [1.29, 1.82) is 0 Å². The van der Waals surface area contributed by atoms with Crippen LogP contribution < -0.4 is 0 Å². The summed E-state index contributed by atoms with van der Waals surface area (Å²) < 4.78 is 11.5. The first-order valence-corrected chi connectivity index (χ1v) is 38.9. The molecule has 0 N–H and O–H groups in total. The van der Waals surface area contributed by atoms with E-state index in [1.54, 1.807) is 68.0 Å². The molecule has 486 valence electrons. The van der Waals surface area contributed by atoms with E-state index in [9.17, 15) is 0 Å². The SMILES string of the molecule is c1ccc(-c2cc(-n3c4ccc(-c5nc6ccccc6s5)cc4c4cc(-c5nc6cc(-c7ccc8nc(-c9ccc%10c(c9)c9cc(-c%11nc%12ccccc%12s%11)ccc9n%10-c9ccc(-c%10nc%11ccccc%11s%10)cn9)sc8c7)ccc6s5)ccc43)nc(-c3ccccc3)c2-c2nc3ccccc3s2)cc1. The monoisotopic (exact) mass is 1440 g/mol. The number of aromatic nitrogens is 10. The van der Waals surface area contributed by atoms with Gasteiger partial charge in [-0.1, -0.05) is 121 Å². The topological polar surface area (TPSA) is 113 Å². The Bertz CT molecular complexity index is 7060. The van der Waals surface area contributed by atoms with E-state index in [4.69, 9.17) is 39.9 Å². The van der Waals surface area contributed by atoms with Crippen LogP contribution in [0.3, 0.4) is 0 Å². The van der Waals surface area contributed by atoms with Gasteiger partial charge in [0, 0.05) is 66.7 Å². The van der Waals surface area contributed by atoms with Crippen molar-refractivity contribution in [3.63, 3.8) is 0 Å². The molecule has 0 atom stereocenters. The van der Waals surface area contributed by atoms with Crippen molar-refractivity contribution in [3.8, 4) is 109 Å². The van der Waals surface area contributed by atoms with Gasteiger partial charge in [-0.05, 0) is 186 Å². The molecule has 22 aromatic rings. The molecule has 0 saturated heterocycles. The van der Waals surface area contributed by atoms with E-state index in [2.05, 4.69) is 288 Å². The van der Waals surface area contributed by atoms with Crippen LogP contribution in [-0.2, 0) is 0 Å². The average Bonchev–Trinajstić information content (AvgIpc) is 1.56. The smallest absolute Gasteiger partial charge is 0.138 e. The van der Waals surface area contributed by atoms with E-state index >= 15 is 0 Å². The van der Waals surface area contributed by atoms with Crippen LogP contribution in [-0.4, -0.2) is 49.0 Å². The highest BCUT2D eigenvalue weighted by molar-refractivity contribution is 7.23. The number of thiazole rings is 6. The Morgan fingerprint density at radius 3 is 1.07 bits per heavy atom. The van der Waals surface area contributed by atoms with E-state index in [1.807, 2.05) is 12.3 Å². The van der Waals surface area contributed by atoms with Gasteiger partial charge in [0.2, 0.25) is 0 Å². The van der Waals surface area contributed by atoms with Gasteiger partial charge >= 0.3 is 0 Å². The summed E-state index contributed by atoms with van der Waals surface area (Å²) in [6.07, 6.45) is 1.95. The van der Waals surface area contributed by atoms with Crippen molar-refractivity contribution < 1.29 is 0 Å². The highest BCUT2D eigenvalue weighted by Crippen LogP contribution is 2.48. The Morgan fingerprint density at radius 2 is 0.587 bits per heavy atom. The predicted octanol–water partition coefficient (Wildman–Crippen LogP) is 25.3. The van der Waals surface area contributed by atoms with Gasteiger partial charge in [0.05, 0.1) is 89.1 Å². The summed E-state index contributed by atoms with van der Waals surface area (Å²) in [4.78, 5) is 42.1. The van der Waals surface area contributed by atoms with E-state index in [-0.39, 0.29) is 0 Å². The van der Waals surface area contributed by atoms with Gasteiger partial charge in [-0.15, -0.1) is 68.0 Å². The number of hydrogen-bond donors (Lipinski definition) is 0. The van der Waals surface area contributed by atoms with Crippen molar-refractivity contribution in [2.45, 2.75) is 0 Å². The zero-order valence-electron chi connectivity index (χ0n) is 54.6. The fourth-order valence-electron chi connectivity index (χ4n) is 14.7. The molecule has 104 heavy (non-hydrogen) atoms. The molecule has 16 heteroatoms. The molecular formula is C88H48N10S6. The standard InChI is InChI=1S/C88H48N10S6/c1-3-15-49(16-4-1)58-47-80(96-82(50-17-5-2-6-18-50)81(58)88-94-66-22-10-14-26-76(66)103-88)98-71-37-30-54(84-91-64-20-8-12-24-74(64)100-84)42-61(71)62-44-56(31-38-72(62)98)86-95-68-45-51(32-39-77(68)102-86)52-27-34-67-78(46-52)104-85(93-67)55-29-36-70-60(43-55)59-41-53(83-90-63-19-7-11-23-73(63)99-83)28-35-69(59)97(70)79-40-33-57(48-89-79)87-92-65-21-9-13-25-75(65)101-87/h1-48H. The van der Waals surface area contributed by atoms with Crippen LogP contribution >= 0.6 is 68.0 Å². The number of benzene rings is 12. The molecule has 0 saturated carbocycles. The lowest BCUT2D eigenvalue weighted by Gasteiger charge is -2.17. The Kier molecular flexibility index (Phi) is 13.6. The number of rotatable bonds is 11. The third-order valence-electron chi connectivity index (χ3n) is 19.6. The van der Waals surface area contributed by atoms with E-state index < -0.39 is 0 Å². The van der Waals surface area contributed by atoms with Crippen LogP contribution in [0, 0.1) is 0 Å². The van der Waals surface area contributed by atoms with Crippen LogP contribution in [0.2, 0.25) is 0 Å². The summed E-state index contributed by atoms with van der Waals surface area (Å²) in [6, 6.07) is 102. The lowest BCUT2D eigenvalue weighted by Crippen LogP contribution is -2.02. The van der Waals surface area contributed by atoms with Crippen LogP contribution in [0.25, 0.3) is 213 Å². The third kappa shape index (κ3) is 9.89. The fourth-order valence-corrected chi connectivity index (χ4v) is 20.5. The second kappa shape index (κ2) is 23.7. The van der Waals surface area contributed by atoms with Crippen molar-refractivity contribution >= 4 is 173 Å².